The van der Waals surface area contributed by atoms with Crippen LogP contribution in [0.4, 0.5) is 0 Å². The van der Waals surface area contributed by atoms with E-state index in [9.17, 15) is 0 Å². The molecule has 0 saturated carbocycles. The number of benzene rings is 1. The number of hydrogen-bond acceptors (Lipinski definition) is 4. The normalized spacial score (nSPS) is 18.4. The van der Waals surface area contributed by atoms with Crippen molar-refractivity contribution in [1.29, 1.82) is 0 Å². The average molecular weight is 257 g/mol. The second kappa shape index (κ2) is 5.53. The Morgan fingerprint density at radius 1 is 1.26 bits per heavy atom. The smallest absolute Gasteiger partial charge is 0.317 e. The highest BCUT2D eigenvalue weighted by Gasteiger charge is 2.21. The van der Waals surface area contributed by atoms with Crippen LogP contribution in [-0.4, -0.2) is 29.2 Å². The molecule has 4 nitrogen and oxygen atoms in total. The van der Waals surface area contributed by atoms with Gasteiger partial charge in [0.1, 0.15) is 6.10 Å². The van der Waals surface area contributed by atoms with Crippen LogP contribution in [0.1, 0.15) is 19.8 Å². The molecule has 1 aliphatic heterocycles. The molecule has 4 heteroatoms. The zero-order chi connectivity index (χ0) is 13.1. The van der Waals surface area contributed by atoms with E-state index in [1.807, 2.05) is 30.5 Å². The molecule has 1 aromatic carbocycles. The van der Waals surface area contributed by atoms with Gasteiger partial charge in [-0.15, -0.1) is 0 Å². The lowest BCUT2D eigenvalue weighted by Crippen LogP contribution is -2.35. The fourth-order valence-corrected chi connectivity index (χ4v) is 2.59. The molecule has 0 aliphatic carbocycles. The monoisotopic (exact) mass is 257 g/mol. The Morgan fingerprint density at radius 3 is 2.89 bits per heavy atom. The van der Waals surface area contributed by atoms with Crippen molar-refractivity contribution >= 4 is 10.9 Å². The van der Waals surface area contributed by atoms with Gasteiger partial charge < -0.3 is 10.1 Å². The lowest BCUT2D eigenvalue weighted by atomic mass is 9.93. The SMILES string of the molecule is CC(Oc1ncc2ccccc2n1)C1CCNCC1. The molecule has 0 amide bonds. The molecule has 1 saturated heterocycles. The van der Waals surface area contributed by atoms with Crippen LogP contribution in [0.15, 0.2) is 30.5 Å². The molecule has 0 radical (unpaired) electrons. The maximum absolute atomic E-state index is 5.91. The van der Waals surface area contributed by atoms with Gasteiger partial charge in [-0.2, -0.15) is 4.98 Å². The summed E-state index contributed by atoms with van der Waals surface area (Å²) in [7, 11) is 0. The summed E-state index contributed by atoms with van der Waals surface area (Å²) in [4.78, 5) is 8.75. The molecule has 1 unspecified atom stereocenters. The number of para-hydroxylation sites is 1. The molecule has 2 aromatic rings. The zero-order valence-electron chi connectivity index (χ0n) is 11.2. The quantitative estimate of drug-likeness (QED) is 0.917. The van der Waals surface area contributed by atoms with Gasteiger partial charge in [0, 0.05) is 11.6 Å². The largest absolute Gasteiger partial charge is 0.460 e. The summed E-state index contributed by atoms with van der Waals surface area (Å²) < 4.78 is 5.91. The molecule has 0 spiro atoms. The van der Waals surface area contributed by atoms with Crippen LogP contribution >= 0.6 is 0 Å². The average Bonchev–Trinajstić information content (AvgIpc) is 2.48. The maximum atomic E-state index is 5.91. The Hall–Kier alpha value is -1.68. The molecule has 1 aromatic heterocycles. The van der Waals surface area contributed by atoms with Gasteiger partial charge in [-0.1, -0.05) is 18.2 Å². The van der Waals surface area contributed by atoms with Gasteiger partial charge in [0.15, 0.2) is 0 Å². The summed E-state index contributed by atoms with van der Waals surface area (Å²) in [5.41, 5.74) is 0.935. The Balaban J connectivity index is 1.73. The van der Waals surface area contributed by atoms with Crippen molar-refractivity contribution in [1.82, 2.24) is 15.3 Å². The van der Waals surface area contributed by atoms with E-state index in [1.165, 1.54) is 0 Å². The number of nitrogens with one attached hydrogen (secondary N) is 1. The third-order valence-electron chi connectivity index (χ3n) is 3.81. The van der Waals surface area contributed by atoms with Crippen molar-refractivity contribution < 1.29 is 4.74 Å². The molecule has 100 valence electrons. The summed E-state index contributed by atoms with van der Waals surface area (Å²) in [6.07, 6.45) is 4.32. The van der Waals surface area contributed by atoms with E-state index in [4.69, 9.17) is 4.74 Å². The first-order valence-electron chi connectivity index (χ1n) is 6.92. The van der Waals surface area contributed by atoms with E-state index in [1.54, 1.807) is 0 Å². The first kappa shape index (κ1) is 12.4. The minimum atomic E-state index is 0.170. The van der Waals surface area contributed by atoms with Crippen LogP contribution < -0.4 is 10.1 Å². The van der Waals surface area contributed by atoms with Crippen molar-refractivity contribution in [2.24, 2.45) is 5.92 Å². The van der Waals surface area contributed by atoms with E-state index in [0.29, 0.717) is 11.9 Å². The highest BCUT2D eigenvalue weighted by atomic mass is 16.5. The highest BCUT2D eigenvalue weighted by molar-refractivity contribution is 5.77. The molecule has 0 bridgehead atoms. The molecule has 2 heterocycles. The molecule has 1 atom stereocenters. The standard InChI is InChI=1S/C15H19N3O/c1-11(12-6-8-16-9-7-12)19-15-17-10-13-4-2-3-5-14(13)18-15/h2-5,10-12,16H,6-9H2,1H3. The fourth-order valence-electron chi connectivity index (χ4n) is 2.59. The van der Waals surface area contributed by atoms with Crippen molar-refractivity contribution in [3.63, 3.8) is 0 Å². The molecule has 19 heavy (non-hydrogen) atoms. The second-order valence-electron chi connectivity index (χ2n) is 5.12. The van der Waals surface area contributed by atoms with Gasteiger partial charge in [-0.3, -0.25) is 0 Å². The van der Waals surface area contributed by atoms with Gasteiger partial charge in [-0.25, -0.2) is 4.98 Å². The number of hydrogen-bond donors (Lipinski definition) is 1. The van der Waals surface area contributed by atoms with Gasteiger partial charge in [0.25, 0.3) is 0 Å². The predicted octanol–water partition coefficient (Wildman–Crippen LogP) is 2.40. The Morgan fingerprint density at radius 2 is 2.05 bits per heavy atom. The van der Waals surface area contributed by atoms with E-state index in [-0.39, 0.29) is 6.10 Å². The molecular weight excluding hydrogens is 238 g/mol. The van der Waals surface area contributed by atoms with E-state index >= 15 is 0 Å². The first-order valence-corrected chi connectivity index (χ1v) is 6.92. The zero-order valence-corrected chi connectivity index (χ0v) is 11.2. The summed E-state index contributed by atoms with van der Waals surface area (Å²) in [5.74, 6) is 0.594. The van der Waals surface area contributed by atoms with E-state index in [2.05, 4.69) is 22.2 Å². The summed E-state index contributed by atoms with van der Waals surface area (Å²) in [6, 6.07) is 8.46. The summed E-state index contributed by atoms with van der Waals surface area (Å²) in [6.45, 7) is 4.28. The summed E-state index contributed by atoms with van der Waals surface area (Å²) >= 11 is 0. The number of nitrogens with zero attached hydrogens (tertiary/aromatic N) is 2. The van der Waals surface area contributed by atoms with Gasteiger partial charge in [0.05, 0.1) is 5.52 Å². The first-order chi connectivity index (χ1) is 9.33. The predicted molar refractivity (Wildman–Crippen MR) is 75.2 cm³/mol. The second-order valence-corrected chi connectivity index (χ2v) is 5.12. The van der Waals surface area contributed by atoms with Crippen LogP contribution in [0, 0.1) is 5.92 Å². The van der Waals surface area contributed by atoms with Crippen LogP contribution in [-0.2, 0) is 0 Å². The Labute approximate surface area is 113 Å². The molecular formula is C15H19N3O. The minimum Gasteiger partial charge on any atom is -0.460 e. The van der Waals surface area contributed by atoms with Crippen LogP contribution in [0.2, 0.25) is 0 Å². The third kappa shape index (κ3) is 2.84. The number of ether oxygens (including phenoxy) is 1. The number of piperidine rings is 1. The maximum Gasteiger partial charge on any atom is 0.317 e. The van der Waals surface area contributed by atoms with Crippen molar-refractivity contribution in [2.75, 3.05) is 13.1 Å². The van der Waals surface area contributed by atoms with Gasteiger partial charge in [0.2, 0.25) is 0 Å². The minimum absolute atomic E-state index is 0.170. The third-order valence-corrected chi connectivity index (χ3v) is 3.81. The van der Waals surface area contributed by atoms with Crippen LogP contribution in [0.5, 0.6) is 6.01 Å². The fraction of sp³-hybridized carbons (Fsp3) is 0.467. The highest BCUT2D eigenvalue weighted by Crippen LogP contribution is 2.21. The lowest BCUT2D eigenvalue weighted by molar-refractivity contribution is 0.117. The van der Waals surface area contributed by atoms with Gasteiger partial charge in [-0.05, 0) is 44.8 Å². The Bertz CT molecular complexity index is 552. The topological polar surface area (TPSA) is 47.0 Å². The van der Waals surface area contributed by atoms with Crippen molar-refractivity contribution in [2.45, 2.75) is 25.9 Å². The van der Waals surface area contributed by atoms with E-state index < -0.39 is 0 Å². The molecule has 1 aliphatic rings. The van der Waals surface area contributed by atoms with Crippen LogP contribution in [0.25, 0.3) is 10.9 Å². The molecule has 3 rings (SSSR count). The van der Waals surface area contributed by atoms with Crippen molar-refractivity contribution in [3.8, 4) is 6.01 Å². The molecule has 1 fully saturated rings. The van der Waals surface area contributed by atoms with Crippen molar-refractivity contribution in [3.05, 3.63) is 30.5 Å². The van der Waals surface area contributed by atoms with E-state index in [0.717, 1.165) is 36.8 Å². The summed E-state index contributed by atoms with van der Waals surface area (Å²) in [5, 5.41) is 4.42. The molecule has 1 N–H and O–H groups in total. The number of fused-ring (bicyclic) bond motifs is 1. The Kier molecular flexibility index (Phi) is 3.60. The van der Waals surface area contributed by atoms with Gasteiger partial charge >= 0.3 is 6.01 Å². The number of rotatable bonds is 3. The lowest BCUT2D eigenvalue weighted by Gasteiger charge is -2.27. The number of aromatic nitrogens is 2. The van der Waals surface area contributed by atoms with Crippen LogP contribution in [0.3, 0.4) is 0 Å².